The highest BCUT2D eigenvalue weighted by molar-refractivity contribution is 6.35. The molecule has 1 aromatic rings. The number of carbonyl (C=O) groups is 2. The number of likely N-dealkylation sites (tertiary alicyclic amines) is 1. The van der Waals surface area contributed by atoms with Crippen molar-refractivity contribution in [1.29, 1.82) is 0 Å². The van der Waals surface area contributed by atoms with Crippen LogP contribution in [0.4, 0.5) is 0 Å². The highest BCUT2D eigenvalue weighted by atomic mass is 16.5. The van der Waals surface area contributed by atoms with Crippen LogP contribution in [0.2, 0.25) is 0 Å². The Labute approximate surface area is 179 Å². The monoisotopic (exact) mass is 414 g/mol. The first kappa shape index (κ1) is 22.3. The van der Waals surface area contributed by atoms with Crippen molar-refractivity contribution in [3.05, 3.63) is 35.5 Å². The third-order valence-electron chi connectivity index (χ3n) is 5.61. The van der Waals surface area contributed by atoms with Crippen LogP contribution < -0.4 is 4.74 Å². The molecule has 30 heavy (non-hydrogen) atoms. The molecule has 6 nitrogen and oxygen atoms in total. The van der Waals surface area contributed by atoms with Crippen LogP contribution in [-0.2, 0) is 14.3 Å². The van der Waals surface area contributed by atoms with Crippen molar-refractivity contribution < 1.29 is 19.1 Å². The molecule has 0 aromatic heterocycles. The second-order valence-electron chi connectivity index (χ2n) is 8.10. The largest absolute Gasteiger partial charge is 0.494 e. The van der Waals surface area contributed by atoms with Crippen molar-refractivity contribution in [3.63, 3.8) is 0 Å². The van der Waals surface area contributed by atoms with E-state index in [-0.39, 0.29) is 11.8 Å². The minimum atomic E-state index is -0.202. The number of hydrogen-bond acceptors (Lipinski definition) is 5. The Kier molecular flexibility index (Phi) is 7.91. The van der Waals surface area contributed by atoms with Gasteiger partial charge in [-0.3, -0.25) is 14.5 Å². The summed E-state index contributed by atoms with van der Waals surface area (Å²) in [5.74, 6) is 0.908. The summed E-state index contributed by atoms with van der Waals surface area (Å²) in [6.45, 7) is 10.0. The molecular formula is C24H34N2O4. The summed E-state index contributed by atoms with van der Waals surface area (Å²) in [7, 11) is 0. The summed E-state index contributed by atoms with van der Waals surface area (Å²) in [5.41, 5.74) is 1.86. The molecule has 1 unspecified atom stereocenters. The molecule has 1 aromatic carbocycles. The zero-order chi connectivity index (χ0) is 21.5. The third kappa shape index (κ3) is 5.04. The van der Waals surface area contributed by atoms with Gasteiger partial charge in [-0.05, 0) is 56.2 Å². The highest BCUT2D eigenvalue weighted by Crippen LogP contribution is 2.34. The lowest BCUT2D eigenvalue weighted by atomic mass is 9.97. The molecule has 2 amide bonds. The van der Waals surface area contributed by atoms with Crippen molar-refractivity contribution in [1.82, 2.24) is 9.80 Å². The lowest BCUT2D eigenvalue weighted by Gasteiger charge is -2.33. The lowest BCUT2D eigenvalue weighted by Crippen LogP contribution is -2.39. The third-order valence-corrected chi connectivity index (χ3v) is 5.61. The first-order valence-electron chi connectivity index (χ1n) is 11.2. The van der Waals surface area contributed by atoms with Gasteiger partial charge < -0.3 is 14.4 Å². The molecule has 164 valence electrons. The van der Waals surface area contributed by atoms with Gasteiger partial charge in [0.25, 0.3) is 11.8 Å². The predicted octanol–water partition coefficient (Wildman–Crippen LogP) is 3.71. The van der Waals surface area contributed by atoms with Gasteiger partial charge in [0, 0.05) is 32.8 Å². The van der Waals surface area contributed by atoms with Crippen LogP contribution in [0.25, 0.3) is 5.57 Å². The van der Waals surface area contributed by atoms with E-state index in [9.17, 15) is 9.59 Å². The number of carbonyl (C=O) groups excluding carboxylic acids is 2. The van der Waals surface area contributed by atoms with Crippen molar-refractivity contribution in [2.24, 2.45) is 5.92 Å². The van der Waals surface area contributed by atoms with Crippen molar-refractivity contribution in [2.45, 2.75) is 46.5 Å². The molecule has 2 aliphatic rings. The van der Waals surface area contributed by atoms with E-state index in [4.69, 9.17) is 9.47 Å². The van der Waals surface area contributed by atoms with Crippen LogP contribution in [0, 0.1) is 5.92 Å². The summed E-state index contributed by atoms with van der Waals surface area (Å²) in [6, 6.07) is 7.54. The fraction of sp³-hybridized carbons (Fsp3) is 0.583. The van der Waals surface area contributed by atoms with E-state index < -0.39 is 0 Å². The Morgan fingerprint density at radius 2 is 1.83 bits per heavy atom. The Balaban J connectivity index is 1.88. The molecule has 2 heterocycles. The van der Waals surface area contributed by atoms with Gasteiger partial charge in [0.15, 0.2) is 0 Å². The molecule has 0 aliphatic carbocycles. The normalized spacial score (nSPS) is 19.8. The summed E-state index contributed by atoms with van der Waals surface area (Å²) in [6.07, 6.45) is 3.77. The molecule has 0 spiro atoms. The minimum Gasteiger partial charge on any atom is -0.494 e. The number of amides is 2. The van der Waals surface area contributed by atoms with Gasteiger partial charge >= 0.3 is 0 Å². The van der Waals surface area contributed by atoms with Crippen LogP contribution in [-0.4, -0.2) is 61.1 Å². The molecular weight excluding hydrogens is 380 g/mol. The second-order valence-corrected chi connectivity index (χ2v) is 8.10. The van der Waals surface area contributed by atoms with E-state index in [1.165, 1.54) is 4.90 Å². The average Bonchev–Trinajstić information content (AvgIpc) is 3.00. The molecule has 6 heteroatoms. The number of rotatable bonds is 10. The number of benzene rings is 1. The molecule has 1 fully saturated rings. The van der Waals surface area contributed by atoms with Crippen LogP contribution >= 0.6 is 0 Å². The Morgan fingerprint density at radius 1 is 1.07 bits per heavy atom. The fourth-order valence-electron chi connectivity index (χ4n) is 4.12. The quantitative estimate of drug-likeness (QED) is 0.431. The van der Waals surface area contributed by atoms with E-state index in [0.717, 1.165) is 43.7 Å². The van der Waals surface area contributed by atoms with Crippen LogP contribution in [0.1, 0.15) is 52.0 Å². The summed E-state index contributed by atoms with van der Waals surface area (Å²) in [4.78, 5) is 30.1. The number of hydrogen-bond donors (Lipinski definition) is 0. The molecule has 0 radical (unpaired) electrons. The standard InChI is InChI=1S/C24H34N2O4/c1-4-15-30-20-11-9-19(10-12-20)21-22(25-13-6-8-18(3)17-25)24(28)26(23(21)27)14-7-16-29-5-2/h9-12,18H,4-8,13-17H2,1-3H3. The van der Waals surface area contributed by atoms with Crippen LogP contribution in [0.15, 0.2) is 30.0 Å². The van der Waals surface area contributed by atoms with E-state index in [2.05, 4.69) is 18.7 Å². The fourth-order valence-corrected chi connectivity index (χ4v) is 4.12. The molecule has 1 atom stereocenters. The van der Waals surface area contributed by atoms with Gasteiger partial charge in [-0.15, -0.1) is 0 Å². The number of ether oxygens (including phenoxy) is 2. The molecule has 2 aliphatic heterocycles. The summed E-state index contributed by atoms with van der Waals surface area (Å²) in [5, 5.41) is 0. The van der Waals surface area contributed by atoms with Gasteiger partial charge in [0.05, 0.1) is 12.2 Å². The van der Waals surface area contributed by atoms with E-state index >= 15 is 0 Å². The van der Waals surface area contributed by atoms with Crippen molar-refractivity contribution in [2.75, 3.05) is 39.5 Å². The zero-order valence-electron chi connectivity index (χ0n) is 18.5. The van der Waals surface area contributed by atoms with Gasteiger partial charge in [-0.2, -0.15) is 0 Å². The van der Waals surface area contributed by atoms with Gasteiger partial charge in [-0.25, -0.2) is 0 Å². The molecule has 0 bridgehead atoms. The van der Waals surface area contributed by atoms with Crippen LogP contribution in [0.3, 0.4) is 0 Å². The number of piperidine rings is 1. The van der Waals surface area contributed by atoms with Crippen LogP contribution in [0.5, 0.6) is 5.75 Å². The maximum atomic E-state index is 13.3. The molecule has 3 rings (SSSR count). The van der Waals surface area contributed by atoms with Gasteiger partial charge in [-0.1, -0.05) is 26.0 Å². The lowest BCUT2D eigenvalue weighted by molar-refractivity contribution is -0.137. The second kappa shape index (κ2) is 10.6. The maximum absolute atomic E-state index is 13.3. The van der Waals surface area contributed by atoms with E-state index in [1.54, 1.807) is 0 Å². The average molecular weight is 415 g/mol. The van der Waals surface area contributed by atoms with E-state index in [1.807, 2.05) is 31.2 Å². The topological polar surface area (TPSA) is 59.1 Å². The minimum absolute atomic E-state index is 0.174. The molecule has 0 saturated carbocycles. The molecule has 1 saturated heterocycles. The smallest absolute Gasteiger partial charge is 0.277 e. The predicted molar refractivity (Wildman–Crippen MR) is 117 cm³/mol. The molecule has 0 N–H and O–H groups in total. The Hall–Kier alpha value is -2.34. The van der Waals surface area contributed by atoms with Gasteiger partial charge in [0.1, 0.15) is 11.4 Å². The summed E-state index contributed by atoms with van der Waals surface area (Å²) < 4.78 is 11.1. The maximum Gasteiger partial charge on any atom is 0.277 e. The van der Waals surface area contributed by atoms with Crippen molar-refractivity contribution in [3.8, 4) is 5.75 Å². The van der Waals surface area contributed by atoms with E-state index in [0.29, 0.717) is 50.0 Å². The Bertz CT molecular complexity index is 772. The summed E-state index contributed by atoms with van der Waals surface area (Å²) >= 11 is 0. The SMILES string of the molecule is CCCOc1ccc(C2=C(N3CCCC(C)C3)C(=O)N(CCCOCC)C2=O)cc1. The highest BCUT2D eigenvalue weighted by Gasteiger charge is 2.41. The number of nitrogens with zero attached hydrogens (tertiary/aromatic N) is 2. The van der Waals surface area contributed by atoms with Gasteiger partial charge in [0.2, 0.25) is 0 Å². The Morgan fingerprint density at radius 3 is 2.50 bits per heavy atom. The number of imide groups is 1. The first-order chi connectivity index (χ1) is 14.6. The van der Waals surface area contributed by atoms with Crippen molar-refractivity contribution >= 4 is 17.4 Å². The first-order valence-corrected chi connectivity index (χ1v) is 11.2. The zero-order valence-corrected chi connectivity index (χ0v) is 18.5.